The first kappa shape index (κ1) is 19.3. The summed E-state index contributed by atoms with van der Waals surface area (Å²) in [6, 6.07) is 22.3. The topological polar surface area (TPSA) is 96.1 Å². The van der Waals surface area contributed by atoms with Crippen LogP contribution < -0.4 is 10.3 Å². The minimum Gasteiger partial charge on any atom is -0.438 e. The van der Waals surface area contributed by atoms with Crippen molar-refractivity contribution in [2.24, 2.45) is 0 Å². The van der Waals surface area contributed by atoms with Gasteiger partial charge in [0.1, 0.15) is 28.9 Å². The van der Waals surface area contributed by atoms with E-state index in [4.69, 9.17) is 4.74 Å². The van der Waals surface area contributed by atoms with E-state index in [2.05, 4.69) is 21.0 Å². The van der Waals surface area contributed by atoms with E-state index in [1.165, 1.54) is 10.5 Å². The van der Waals surface area contributed by atoms with Gasteiger partial charge >= 0.3 is 0 Å². The van der Waals surface area contributed by atoms with Crippen LogP contribution in [0.2, 0.25) is 0 Å². The fourth-order valence-corrected chi connectivity index (χ4v) is 3.38. The predicted octanol–water partition coefficient (Wildman–Crippen LogP) is 4.74. The Morgan fingerprint density at radius 1 is 1.06 bits per heavy atom. The van der Waals surface area contributed by atoms with Gasteiger partial charge in [-0.2, -0.15) is 10.2 Å². The minimum atomic E-state index is -0.346. The SMILES string of the molecule is Cc1ccc(Oc2nc3ccccn3c(=O)c2C=C(C#N)c2nc3ccccc3[nH]2)cc1. The lowest BCUT2D eigenvalue weighted by Crippen LogP contribution is -2.18. The highest BCUT2D eigenvalue weighted by Gasteiger charge is 2.16. The summed E-state index contributed by atoms with van der Waals surface area (Å²) in [6.45, 7) is 1.98. The van der Waals surface area contributed by atoms with E-state index in [1.807, 2.05) is 55.5 Å². The van der Waals surface area contributed by atoms with Gasteiger partial charge in [-0.15, -0.1) is 0 Å². The smallest absolute Gasteiger partial charge is 0.269 e. The number of fused-ring (bicyclic) bond motifs is 2. The molecule has 0 aliphatic carbocycles. The summed E-state index contributed by atoms with van der Waals surface area (Å²) in [6.07, 6.45) is 3.10. The van der Waals surface area contributed by atoms with Crippen molar-refractivity contribution in [3.05, 3.63) is 100 Å². The summed E-state index contributed by atoms with van der Waals surface area (Å²) in [4.78, 5) is 25.4. The Morgan fingerprint density at radius 3 is 2.62 bits per heavy atom. The number of aromatic amines is 1. The van der Waals surface area contributed by atoms with Crippen LogP contribution in [0.25, 0.3) is 28.3 Å². The highest BCUT2D eigenvalue weighted by molar-refractivity contribution is 5.91. The zero-order chi connectivity index (χ0) is 22.1. The van der Waals surface area contributed by atoms with Crippen molar-refractivity contribution in [3.63, 3.8) is 0 Å². The second-order valence-electron chi connectivity index (χ2n) is 7.25. The standard InChI is InChI=1S/C25H17N5O2/c1-16-9-11-18(12-10-16)32-24-19(25(31)30-13-5-4-8-22(30)29-24)14-17(15-26)23-27-20-6-2-3-7-21(20)28-23/h2-14H,1H3,(H,27,28). The Labute approximate surface area is 182 Å². The van der Waals surface area contributed by atoms with Gasteiger partial charge < -0.3 is 9.72 Å². The molecule has 7 heteroatoms. The van der Waals surface area contributed by atoms with E-state index in [0.29, 0.717) is 17.2 Å². The molecule has 1 N–H and O–H groups in total. The first-order valence-electron chi connectivity index (χ1n) is 9.95. The molecule has 0 unspecified atom stereocenters. The Morgan fingerprint density at radius 2 is 1.84 bits per heavy atom. The van der Waals surface area contributed by atoms with Crippen LogP contribution in [0, 0.1) is 18.3 Å². The van der Waals surface area contributed by atoms with E-state index < -0.39 is 0 Å². The molecule has 0 radical (unpaired) electrons. The van der Waals surface area contributed by atoms with Crippen LogP contribution in [0.3, 0.4) is 0 Å². The molecule has 0 aliphatic heterocycles. The number of nitrogens with one attached hydrogen (secondary N) is 1. The summed E-state index contributed by atoms with van der Waals surface area (Å²) in [7, 11) is 0. The highest BCUT2D eigenvalue weighted by Crippen LogP contribution is 2.26. The van der Waals surface area contributed by atoms with Crippen LogP contribution in [-0.2, 0) is 0 Å². The maximum atomic E-state index is 13.3. The minimum absolute atomic E-state index is 0.119. The van der Waals surface area contributed by atoms with E-state index in [-0.39, 0.29) is 22.6 Å². The third-order valence-corrected chi connectivity index (χ3v) is 5.02. The summed E-state index contributed by atoms with van der Waals surface area (Å²) in [5.74, 6) is 1.03. The van der Waals surface area contributed by atoms with E-state index in [9.17, 15) is 10.1 Å². The normalized spacial score (nSPS) is 11.6. The number of imidazole rings is 1. The zero-order valence-corrected chi connectivity index (χ0v) is 17.1. The Hall–Kier alpha value is -4.70. The van der Waals surface area contributed by atoms with Gasteiger partial charge in [-0.1, -0.05) is 35.9 Å². The van der Waals surface area contributed by atoms with Gasteiger partial charge in [-0.05, 0) is 49.4 Å². The molecule has 0 amide bonds. The number of hydrogen-bond donors (Lipinski definition) is 1. The van der Waals surface area contributed by atoms with Crippen molar-refractivity contribution < 1.29 is 4.74 Å². The Kier molecular flexibility index (Phi) is 4.73. The molecule has 0 spiro atoms. The maximum absolute atomic E-state index is 13.3. The van der Waals surface area contributed by atoms with Crippen molar-refractivity contribution in [1.29, 1.82) is 5.26 Å². The lowest BCUT2D eigenvalue weighted by Gasteiger charge is -2.10. The van der Waals surface area contributed by atoms with Gasteiger partial charge in [0.15, 0.2) is 0 Å². The van der Waals surface area contributed by atoms with Gasteiger partial charge in [-0.3, -0.25) is 9.20 Å². The summed E-state index contributed by atoms with van der Waals surface area (Å²) < 4.78 is 7.40. The van der Waals surface area contributed by atoms with Crippen LogP contribution in [-0.4, -0.2) is 19.4 Å². The molecule has 3 heterocycles. The van der Waals surface area contributed by atoms with Gasteiger partial charge in [0, 0.05) is 6.20 Å². The second kappa shape index (κ2) is 7.85. The average molecular weight is 419 g/mol. The van der Waals surface area contributed by atoms with Crippen LogP contribution in [0.1, 0.15) is 17.0 Å². The molecular weight excluding hydrogens is 402 g/mol. The summed E-state index contributed by atoms with van der Waals surface area (Å²) in [5.41, 5.74) is 3.07. The molecule has 2 aromatic carbocycles. The number of pyridine rings is 1. The van der Waals surface area contributed by atoms with E-state index in [0.717, 1.165) is 16.6 Å². The molecule has 32 heavy (non-hydrogen) atoms. The quantitative estimate of drug-likeness (QED) is 0.425. The molecule has 0 bridgehead atoms. The molecule has 0 aliphatic rings. The summed E-state index contributed by atoms with van der Waals surface area (Å²) in [5, 5.41) is 9.83. The molecule has 5 rings (SSSR count). The van der Waals surface area contributed by atoms with Crippen molar-refractivity contribution in [1.82, 2.24) is 19.4 Å². The van der Waals surface area contributed by atoms with Gasteiger partial charge in [0.25, 0.3) is 5.56 Å². The molecule has 3 aromatic heterocycles. The third kappa shape index (κ3) is 3.50. The molecule has 7 nitrogen and oxygen atoms in total. The van der Waals surface area contributed by atoms with E-state index in [1.54, 1.807) is 24.4 Å². The van der Waals surface area contributed by atoms with Gasteiger partial charge in [-0.25, -0.2) is 4.98 Å². The third-order valence-electron chi connectivity index (χ3n) is 5.02. The first-order valence-corrected chi connectivity index (χ1v) is 9.95. The van der Waals surface area contributed by atoms with Gasteiger partial charge in [0.2, 0.25) is 5.88 Å². The molecule has 0 saturated carbocycles. The number of nitrogens with zero attached hydrogens (tertiary/aromatic N) is 4. The number of nitriles is 1. The maximum Gasteiger partial charge on any atom is 0.269 e. The number of H-pyrrole nitrogens is 1. The number of aryl methyl sites for hydroxylation is 1. The Balaban J connectivity index is 1.70. The fourth-order valence-electron chi connectivity index (χ4n) is 3.38. The number of benzene rings is 2. The second-order valence-corrected chi connectivity index (χ2v) is 7.25. The van der Waals surface area contributed by atoms with E-state index >= 15 is 0 Å². The highest BCUT2D eigenvalue weighted by atomic mass is 16.5. The first-order chi connectivity index (χ1) is 15.6. The van der Waals surface area contributed by atoms with Crippen molar-refractivity contribution in [2.45, 2.75) is 6.92 Å². The average Bonchev–Trinajstić information content (AvgIpc) is 3.24. The van der Waals surface area contributed by atoms with Crippen LogP contribution in [0.4, 0.5) is 0 Å². The fraction of sp³-hybridized carbons (Fsp3) is 0.0400. The van der Waals surface area contributed by atoms with Crippen molar-refractivity contribution >= 4 is 28.3 Å². The Bertz CT molecular complexity index is 1550. The summed E-state index contributed by atoms with van der Waals surface area (Å²) >= 11 is 0. The number of ether oxygens (including phenoxy) is 1. The van der Waals surface area contributed by atoms with Crippen LogP contribution >= 0.6 is 0 Å². The number of hydrogen-bond acceptors (Lipinski definition) is 5. The number of para-hydroxylation sites is 2. The molecular formula is C25H17N5O2. The molecule has 5 aromatic rings. The predicted molar refractivity (Wildman–Crippen MR) is 122 cm³/mol. The molecule has 0 saturated heterocycles. The van der Waals surface area contributed by atoms with Crippen molar-refractivity contribution in [3.8, 4) is 17.7 Å². The van der Waals surface area contributed by atoms with Crippen LogP contribution in [0.5, 0.6) is 11.6 Å². The number of allylic oxidation sites excluding steroid dienone is 1. The molecule has 0 atom stereocenters. The van der Waals surface area contributed by atoms with Gasteiger partial charge in [0.05, 0.1) is 16.6 Å². The van der Waals surface area contributed by atoms with Crippen LogP contribution in [0.15, 0.2) is 77.7 Å². The van der Waals surface area contributed by atoms with Crippen molar-refractivity contribution in [2.75, 3.05) is 0 Å². The largest absolute Gasteiger partial charge is 0.438 e. The lowest BCUT2D eigenvalue weighted by atomic mass is 10.1. The zero-order valence-electron chi connectivity index (χ0n) is 17.1. The molecule has 154 valence electrons. The number of aromatic nitrogens is 4. The molecule has 0 fully saturated rings. The number of rotatable bonds is 4. The monoisotopic (exact) mass is 419 g/mol. The lowest BCUT2D eigenvalue weighted by molar-refractivity contribution is 0.461.